The van der Waals surface area contributed by atoms with Gasteiger partial charge in [0.1, 0.15) is 24.7 Å². The Morgan fingerprint density at radius 2 is 0.750 bits per heavy atom. The van der Waals surface area contributed by atoms with E-state index < -0.39 is 0 Å². The minimum Gasteiger partial charge on any atom is -0.491 e. The lowest BCUT2D eigenvalue weighted by Crippen LogP contribution is -2.14. The summed E-state index contributed by atoms with van der Waals surface area (Å²) in [6.07, 6.45) is 0. The molecule has 0 aliphatic heterocycles. The second-order valence-electron chi connectivity index (χ2n) is 7.38. The molecule has 2 aromatic rings. The van der Waals surface area contributed by atoms with Crippen LogP contribution in [0.5, 0.6) is 11.5 Å². The summed E-state index contributed by atoms with van der Waals surface area (Å²) in [5.74, 6) is 1.92. The normalized spacial score (nSPS) is 10.9. The van der Waals surface area contributed by atoms with Crippen molar-refractivity contribution in [1.29, 1.82) is 0 Å². The van der Waals surface area contributed by atoms with E-state index in [1.165, 1.54) is 33.4 Å². The van der Waals surface area contributed by atoms with Gasteiger partial charge in [0.2, 0.25) is 0 Å². The maximum Gasteiger partial charge on any atom is 0.125 e. The molecule has 4 nitrogen and oxygen atoms in total. The van der Waals surface area contributed by atoms with E-state index in [2.05, 4.69) is 65.8 Å². The second-order valence-corrected chi connectivity index (χ2v) is 7.38. The van der Waals surface area contributed by atoms with Gasteiger partial charge in [-0.2, -0.15) is 0 Å². The Morgan fingerprint density at radius 1 is 0.464 bits per heavy atom. The molecule has 2 aromatic carbocycles. The molecule has 0 bridgehead atoms. The molecule has 0 fully saturated rings. The first-order valence-electron chi connectivity index (χ1n) is 9.95. The first kappa shape index (κ1) is 22.3. The fourth-order valence-electron chi connectivity index (χ4n) is 3.52. The van der Waals surface area contributed by atoms with Crippen LogP contribution < -0.4 is 9.47 Å². The SMILES string of the molecule is Cc1cc(C)c(OCCOCCOCCOc2c(C)cc(C)cc2C)c(C)c1. The summed E-state index contributed by atoms with van der Waals surface area (Å²) < 4.78 is 22.9. The first-order valence-corrected chi connectivity index (χ1v) is 9.95. The van der Waals surface area contributed by atoms with E-state index in [1.54, 1.807) is 0 Å². The highest BCUT2D eigenvalue weighted by atomic mass is 16.6. The van der Waals surface area contributed by atoms with Gasteiger partial charge in [0.15, 0.2) is 0 Å². The smallest absolute Gasteiger partial charge is 0.125 e. The van der Waals surface area contributed by atoms with Crippen LogP contribution in [0.4, 0.5) is 0 Å². The number of rotatable bonds is 11. The van der Waals surface area contributed by atoms with E-state index in [-0.39, 0.29) is 0 Å². The fourth-order valence-corrected chi connectivity index (χ4v) is 3.52. The molecule has 0 spiro atoms. The van der Waals surface area contributed by atoms with Crippen LogP contribution in [0.25, 0.3) is 0 Å². The van der Waals surface area contributed by atoms with Gasteiger partial charge in [0.05, 0.1) is 26.4 Å². The molecule has 28 heavy (non-hydrogen) atoms. The van der Waals surface area contributed by atoms with E-state index >= 15 is 0 Å². The van der Waals surface area contributed by atoms with Crippen molar-refractivity contribution in [2.24, 2.45) is 0 Å². The average Bonchev–Trinajstić information content (AvgIpc) is 2.60. The Labute approximate surface area is 169 Å². The highest BCUT2D eigenvalue weighted by molar-refractivity contribution is 5.43. The molecular formula is C24H34O4. The van der Waals surface area contributed by atoms with Crippen molar-refractivity contribution >= 4 is 0 Å². The van der Waals surface area contributed by atoms with Gasteiger partial charge in [0, 0.05) is 0 Å². The van der Waals surface area contributed by atoms with Crippen LogP contribution in [0.2, 0.25) is 0 Å². The Balaban J connectivity index is 1.54. The van der Waals surface area contributed by atoms with Crippen LogP contribution in [-0.2, 0) is 9.47 Å². The van der Waals surface area contributed by atoms with Crippen molar-refractivity contribution in [2.45, 2.75) is 41.5 Å². The molecule has 4 heteroatoms. The minimum atomic E-state index is 0.541. The van der Waals surface area contributed by atoms with Crippen molar-refractivity contribution in [2.75, 3.05) is 39.6 Å². The summed E-state index contributed by atoms with van der Waals surface area (Å²) in [5.41, 5.74) is 7.18. The van der Waals surface area contributed by atoms with Crippen LogP contribution in [0.1, 0.15) is 33.4 Å². The Morgan fingerprint density at radius 3 is 1.07 bits per heavy atom. The maximum absolute atomic E-state index is 5.86. The summed E-state index contributed by atoms with van der Waals surface area (Å²) in [6.45, 7) is 15.8. The molecule has 0 heterocycles. The van der Waals surface area contributed by atoms with Gasteiger partial charge >= 0.3 is 0 Å². The van der Waals surface area contributed by atoms with Gasteiger partial charge < -0.3 is 18.9 Å². The molecule has 0 aliphatic rings. The summed E-state index contributed by atoms with van der Waals surface area (Å²) >= 11 is 0. The molecule has 0 aliphatic carbocycles. The van der Waals surface area contributed by atoms with Gasteiger partial charge in [-0.15, -0.1) is 0 Å². The summed E-state index contributed by atoms with van der Waals surface area (Å²) in [4.78, 5) is 0. The molecule has 0 amide bonds. The molecule has 0 unspecified atom stereocenters. The molecule has 0 aromatic heterocycles. The average molecular weight is 387 g/mol. The summed E-state index contributed by atoms with van der Waals surface area (Å²) in [5, 5.41) is 0. The molecular weight excluding hydrogens is 352 g/mol. The molecule has 0 atom stereocenters. The van der Waals surface area contributed by atoms with E-state index in [9.17, 15) is 0 Å². The summed E-state index contributed by atoms with van der Waals surface area (Å²) in [7, 11) is 0. The van der Waals surface area contributed by atoms with Gasteiger partial charge in [0.25, 0.3) is 0 Å². The lowest BCUT2D eigenvalue weighted by Gasteiger charge is -2.14. The van der Waals surface area contributed by atoms with Crippen molar-refractivity contribution in [3.8, 4) is 11.5 Å². The second kappa shape index (κ2) is 11.1. The molecule has 0 saturated heterocycles. The number of benzene rings is 2. The molecule has 0 radical (unpaired) electrons. The molecule has 2 rings (SSSR count). The summed E-state index contributed by atoms with van der Waals surface area (Å²) in [6, 6.07) is 8.55. The lowest BCUT2D eigenvalue weighted by atomic mass is 10.1. The monoisotopic (exact) mass is 386 g/mol. The first-order chi connectivity index (χ1) is 13.4. The minimum absolute atomic E-state index is 0.541. The van der Waals surface area contributed by atoms with Crippen LogP contribution >= 0.6 is 0 Å². The van der Waals surface area contributed by atoms with E-state index in [1.807, 2.05) is 0 Å². The highest BCUT2D eigenvalue weighted by Gasteiger charge is 2.06. The number of hydrogen-bond acceptors (Lipinski definition) is 4. The van der Waals surface area contributed by atoms with Crippen molar-refractivity contribution < 1.29 is 18.9 Å². The van der Waals surface area contributed by atoms with Gasteiger partial charge in [-0.05, 0) is 63.8 Å². The zero-order chi connectivity index (χ0) is 20.5. The van der Waals surface area contributed by atoms with Crippen LogP contribution in [0.3, 0.4) is 0 Å². The Hall–Kier alpha value is -2.04. The maximum atomic E-state index is 5.86. The Kier molecular flexibility index (Phi) is 8.81. The van der Waals surface area contributed by atoms with Crippen molar-refractivity contribution in [3.05, 3.63) is 57.6 Å². The predicted molar refractivity (Wildman–Crippen MR) is 114 cm³/mol. The van der Waals surface area contributed by atoms with Crippen LogP contribution in [-0.4, -0.2) is 39.6 Å². The van der Waals surface area contributed by atoms with Crippen LogP contribution in [0, 0.1) is 41.5 Å². The third-order valence-electron chi connectivity index (χ3n) is 4.53. The molecule has 0 saturated carbocycles. The highest BCUT2D eigenvalue weighted by Crippen LogP contribution is 2.25. The van der Waals surface area contributed by atoms with E-state index in [0.717, 1.165) is 11.5 Å². The number of hydrogen-bond donors (Lipinski definition) is 0. The van der Waals surface area contributed by atoms with Gasteiger partial charge in [-0.25, -0.2) is 0 Å². The third-order valence-corrected chi connectivity index (χ3v) is 4.53. The zero-order valence-corrected chi connectivity index (χ0v) is 18.2. The zero-order valence-electron chi connectivity index (χ0n) is 18.2. The van der Waals surface area contributed by atoms with E-state index in [0.29, 0.717) is 39.6 Å². The number of aryl methyl sites for hydroxylation is 6. The Bertz CT molecular complexity index is 656. The molecule has 154 valence electrons. The predicted octanol–water partition coefficient (Wildman–Crippen LogP) is 5.03. The van der Waals surface area contributed by atoms with Crippen LogP contribution in [0.15, 0.2) is 24.3 Å². The van der Waals surface area contributed by atoms with E-state index in [4.69, 9.17) is 18.9 Å². The topological polar surface area (TPSA) is 36.9 Å². The standard InChI is InChI=1S/C24H34O4/c1-17-13-19(3)23(20(4)14-17)27-11-9-25-7-8-26-10-12-28-24-21(5)15-18(2)16-22(24)6/h13-16H,7-12H2,1-6H3. The quantitative estimate of drug-likeness (QED) is 0.508. The lowest BCUT2D eigenvalue weighted by molar-refractivity contribution is 0.0271. The fraction of sp³-hybridized carbons (Fsp3) is 0.500. The number of ether oxygens (including phenoxy) is 4. The van der Waals surface area contributed by atoms with Gasteiger partial charge in [-0.3, -0.25) is 0 Å². The van der Waals surface area contributed by atoms with Gasteiger partial charge in [-0.1, -0.05) is 35.4 Å². The molecule has 0 N–H and O–H groups in total. The third kappa shape index (κ3) is 6.84. The largest absolute Gasteiger partial charge is 0.491 e. The van der Waals surface area contributed by atoms with Crippen molar-refractivity contribution in [3.63, 3.8) is 0 Å². The van der Waals surface area contributed by atoms with Crippen molar-refractivity contribution in [1.82, 2.24) is 0 Å².